The van der Waals surface area contributed by atoms with Crippen LogP contribution in [0.3, 0.4) is 0 Å². The summed E-state index contributed by atoms with van der Waals surface area (Å²) in [4.78, 5) is 21.4. The molecule has 10 heteroatoms. The fraction of sp³-hybridized carbons (Fsp3) is 0.259. The van der Waals surface area contributed by atoms with Gasteiger partial charge in [-0.15, -0.1) is 0 Å². The lowest BCUT2D eigenvalue weighted by molar-refractivity contribution is 0.249. The number of fused-ring (bicyclic) bond motifs is 1. The van der Waals surface area contributed by atoms with E-state index in [0.717, 1.165) is 66.5 Å². The Morgan fingerprint density at radius 2 is 1.81 bits per heavy atom. The van der Waals surface area contributed by atoms with Gasteiger partial charge in [0.15, 0.2) is 17.5 Å². The Kier molecular flexibility index (Phi) is 6.09. The van der Waals surface area contributed by atoms with E-state index in [-0.39, 0.29) is 0 Å². The van der Waals surface area contributed by atoms with Gasteiger partial charge in [0, 0.05) is 68.4 Å². The van der Waals surface area contributed by atoms with E-state index in [1.165, 1.54) is 17.7 Å². The smallest absolute Gasteiger partial charge is 0.257 e. The second-order valence-corrected chi connectivity index (χ2v) is 9.26. The van der Waals surface area contributed by atoms with Gasteiger partial charge in [-0.3, -0.25) is 9.88 Å². The molecule has 1 N–H and O–H groups in total. The first-order valence-electron chi connectivity index (χ1n) is 12.2. The van der Waals surface area contributed by atoms with Crippen molar-refractivity contribution in [2.45, 2.75) is 19.9 Å². The summed E-state index contributed by atoms with van der Waals surface area (Å²) < 4.78 is 32.1. The van der Waals surface area contributed by atoms with Crippen LogP contribution in [-0.4, -0.2) is 56.2 Å². The summed E-state index contributed by atoms with van der Waals surface area (Å²) in [6.07, 6.45) is 2.42. The molecule has 0 amide bonds. The summed E-state index contributed by atoms with van der Waals surface area (Å²) in [7, 11) is 0. The van der Waals surface area contributed by atoms with Gasteiger partial charge in [0.2, 0.25) is 0 Å². The highest BCUT2D eigenvalue weighted by atomic mass is 19.2. The van der Waals surface area contributed by atoms with Gasteiger partial charge in [-0.1, -0.05) is 5.16 Å². The van der Waals surface area contributed by atoms with E-state index in [9.17, 15) is 8.78 Å². The van der Waals surface area contributed by atoms with Crippen molar-refractivity contribution in [3.05, 3.63) is 89.3 Å². The number of aromatic amines is 1. The molecule has 0 atom stereocenters. The minimum atomic E-state index is -0.818. The molecule has 1 aliphatic rings. The van der Waals surface area contributed by atoms with E-state index in [1.54, 1.807) is 13.0 Å². The van der Waals surface area contributed by atoms with E-state index in [1.807, 2.05) is 30.5 Å². The highest BCUT2D eigenvalue weighted by Crippen LogP contribution is 2.23. The van der Waals surface area contributed by atoms with E-state index < -0.39 is 11.6 Å². The highest BCUT2D eigenvalue weighted by molar-refractivity contribution is 5.80. The van der Waals surface area contributed by atoms with Crippen LogP contribution in [0.25, 0.3) is 22.5 Å². The lowest BCUT2D eigenvalue weighted by Crippen LogP contribution is -2.46. The molecule has 0 aliphatic carbocycles. The monoisotopic (exact) mass is 501 g/mol. The number of imidazole rings is 1. The minimum Gasteiger partial charge on any atom is -0.369 e. The molecule has 0 saturated carbocycles. The second kappa shape index (κ2) is 9.70. The quantitative estimate of drug-likeness (QED) is 0.366. The Balaban J connectivity index is 1.10. The number of aryl methyl sites for hydroxylation is 1. The second-order valence-electron chi connectivity index (χ2n) is 9.26. The molecule has 2 aromatic carbocycles. The number of hydrogen-bond donors (Lipinski definition) is 1. The minimum absolute atomic E-state index is 0.482. The Hall–Kier alpha value is -4.18. The van der Waals surface area contributed by atoms with Gasteiger partial charge < -0.3 is 14.4 Å². The topological polar surface area (TPSA) is 87.0 Å². The van der Waals surface area contributed by atoms with Crippen LogP contribution in [0.1, 0.15) is 22.9 Å². The average molecular weight is 502 g/mol. The number of piperazine rings is 1. The third kappa shape index (κ3) is 5.05. The van der Waals surface area contributed by atoms with Gasteiger partial charge >= 0.3 is 0 Å². The summed E-state index contributed by atoms with van der Waals surface area (Å²) in [5.41, 5.74) is 5.44. The number of benzene rings is 2. The normalized spacial score (nSPS) is 14.5. The van der Waals surface area contributed by atoms with E-state index in [2.05, 4.69) is 36.0 Å². The fourth-order valence-corrected chi connectivity index (χ4v) is 4.69. The predicted octanol–water partition coefficient (Wildman–Crippen LogP) is 4.51. The maximum atomic E-state index is 13.6. The average Bonchev–Trinajstić information content (AvgIpc) is 3.51. The van der Waals surface area contributed by atoms with E-state index in [4.69, 9.17) is 9.51 Å². The molecule has 8 nitrogen and oxygen atoms in total. The number of halogens is 2. The van der Waals surface area contributed by atoms with Gasteiger partial charge in [0.05, 0.1) is 11.0 Å². The van der Waals surface area contributed by atoms with Crippen LogP contribution in [0.15, 0.2) is 59.3 Å². The highest BCUT2D eigenvalue weighted by Gasteiger charge is 2.19. The van der Waals surface area contributed by atoms with Gasteiger partial charge in [-0.25, -0.2) is 13.8 Å². The van der Waals surface area contributed by atoms with Crippen LogP contribution in [-0.2, 0) is 13.0 Å². The Bertz CT molecular complexity index is 1560. The van der Waals surface area contributed by atoms with Gasteiger partial charge in [-0.2, -0.15) is 4.98 Å². The van der Waals surface area contributed by atoms with E-state index in [0.29, 0.717) is 18.1 Å². The maximum Gasteiger partial charge on any atom is 0.257 e. The van der Waals surface area contributed by atoms with Crippen LogP contribution >= 0.6 is 0 Å². The van der Waals surface area contributed by atoms with Crippen molar-refractivity contribution < 1.29 is 13.3 Å². The molecule has 0 spiro atoms. The number of hydrogen-bond acceptors (Lipinski definition) is 7. The molecule has 188 valence electrons. The van der Waals surface area contributed by atoms with Gasteiger partial charge in [0.25, 0.3) is 5.89 Å². The number of anilines is 1. The maximum absolute atomic E-state index is 13.6. The summed E-state index contributed by atoms with van der Waals surface area (Å²) in [5.74, 6) is 0.281. The molecule has 0 unspecified atom stereocenters. The Morgan fingerprint density at radius 3 is 2.59 bits per heavy atom. The van der Waals surface area contributed by atoms with Crippen LogP contribution in [0.4, 0.5) is 14.5 Å². The third-order valence-electron chi connectivity index (χ3n) is 6.58. The number of pyridine rings is 1. The number of aromatic nitrogens is 5. The van der Waals surface area contributed by atoms with Crippen molar-refractivity contribution in [1.29, 1.82) is 0 Å². The van der Waals surface area contributed by atoms with Crippen molar-refractivity contribution >= 4 is 16.7 Å². The van der Waals surface area contributed by atoms with Crippen LogP contribution in [0.2, 0.25) is 0 Å². The van der Waals surface area contributed by atoms with Crippen LogP contribution in [0, 0.1) is 18.6 Å². The molecule has 1 aliphatic heterocycles. The molecule has 6 rings (SSSR count). The van der Waals surface area contributed by atoms with Crippen molar-refractivity contribution in [1.82, 2.24) is 30.0 Å². The molecule has 3 aromatic heterocycles. The lowest BCUT2D eigenvalue weighted by Gasteiger charge is -2.36. The summed E-state index contributed by atoms with van der Waals surface area (Å²) in [5, 5.41) is 3.86. The fourth-order valence-electron chi connectivity index (χ4n) is 4.69. The summed E-state index contributed by atoms with van der Waals surface area (Å²) in [6, 6.07) is 14.1. The standard InChI is InChI=1S/C27H25F2N7O/c1-17-31-27(37-34-17)19-2-5-24-25(13-19)33-26(32-24)14-20-12-18(6-7-30-20)16-35-8-10-36(11-9-35)21-3-4-22(28)23(29)15-21/h2-7,12-13,15H,8-11,14,16H2,1H3,(H,32,33). The molecular formula is C27H25F2N7O. The van der Waals surface area contributed by atoms with Crippen molar-refractivity contribution in [3.63, 3.8) is 0 Å². The van der Waals surface area contributed by atoms with Crippen LogP contribution < -0.4 is 4.90 Å². The number of rotatable bonds is 6. The molecule has 1 fully saturated rings. The zero-order chi connectivity index (χ0) is 25.4. The van der Waals surface area contributed by atoms with Crippen LogP contribution in [0.5, 0.6) is 0 Å². The Morgan fingerprint density at radius 1 is 0.946 bits per heavy atom. The molecule has 37 heavy (non-hydrogen) atoms. The molecule has 1 saturated heterocycles. The van der Waals surface area contributed by atoms with Gasteiger partial charge in [-0.05, 0) is 55.0 Å². The van der Waals surface area contributed by atoms with Crippen molar-refractivity contribution in [2.24, 2.45) is 0 Å². The SMILES string of the molecule is Cc1noc(-c2ccc3nc(Cc4cc(CN5CCN(c6ccc(F)c(F)c6)CC5)ccn4)[nH]c3c2)n1. The number of nitrogens with one attached hydrogen (secondary N) is 1. The largest absolute Gasteiger partial charge is 0.369 e. The first kappa shape index (κ1) is 23.2. The van der Waals surface area contributed by atoms with Gasteiger partial charge in [0.1, 0.15) is 5.82 Å². The summed E-state index contributed by atoms with van der Waals surface area (Å²) in [6.45, 7) is 5.77. The third-order valence-corrected chi connectivity index (χ3v) is 6.58. The van der Waals surface area contributed by atoms with Crippen molar-refractivity contribution in [2.75, 3.05) is 31.1 Å². The van der Waals surface area contributed by atoms with Crippen molar-refractivity contribution in [3.8, 4) is 11.5 Å². The first-order valence-corrected chi connectivity index (χ1v) is 12.2. The zero-order valence-corrected chi connectivity index (χ0v) is 20.3. The summed E-state index contributed by atoms with van der Waals surface area (Å²) >= 11 is 0. The van der Waals surface area contributed by atoms with E-state index >= 15 is 0 Å². The molecule has 4 heterocycles. The molecular weight excluding hydrogens is 476 g/mol. The first-order chi connectivity index (χ1) is 18.0. The zero-order valence-electron chi connectivity index (χ0n) is 20.3. The lowest BCUT2D eigenvalue weighted by atomic mass is 10.1. The number of H-pyrrole nitrogens is 1. The molecule has 0 radical (unpaired) electrons. The Labute approximate surface area is 212 Å². The predicted molar refractivity (Wildman–Crippen MR) is 135 cm³/mol. The molecule has 0 bridgehead atoms. The molecule has 5 aromatic rings. The number of nitrogens with zero attached hydrogens (tertiary/aromatic N) is 6.